The van der Waals surface area contributed by atoms with Crippen LogP contribution in [0.15, 0.2) is 0 Å². The van der Waals surface area contributed by atoms with Gasteiger partial charge in [0.2, 0.25) is 26.2 Å². The van der Waals surface area contributed by atoms with Gasteiger partial charge in [0.25, 0.3) is 0 Å². The van der Waals surface area contributed by atoms with Crippen molar-refractivity contribution < 1.29 is 174 Å². The number of phosphoric ester groups is 2. The van der Waals surface area contributed by atoms with Crippen LogP contribution in [0.4, 0.5) is 23.2 Å². The quantitative estimate of drug-likeness (QED) is 0.0408. The van der Waals surface area contributed by atoms with E-state index in [4.69, 9.17) is 82.3 Å². The molecular weight excluding hydrogens is 1240 g/mol. The lowest BCUT2D eigenvalue weighted by atomic mass is 9.95. The van der Waals surface area contributed by atoms with Crippen LogP contribution >= 0.6 is 27.2 Å². The highest BCUT2D eigenvalue weighted by atomic mass is 35.5. The zero-order valence-corrected chi connectivity index (χ0v) is 50.6. The smallest absolute Gasteiger partial charge is 0.463 e. The van der Waals surface area contributed by atoms with Crippen molar-refractivity contribution in [2.45, 2.75) is 189 Å². The number of phosphoric acid groups is 2. The normalized spacial score (nSPS) is 22.5. The second-order valence-corrected chi connectivity index (χ2v) is 20.5. The first kappa shape index (κ1) is 78.9. The standard InChI is InChI=1S/C25H38FO19P.C15H22FO13P.C5H9ClO3/c1-12(2)39-24(31)35-10-37-46(33,38-11-36-25(32)40-13(3)4)45-23-22(43-17(8)30)21(42-16(7)29)20(41-15(6)28)19(44-23)18(26)9-34-14(5)27;1-6(17)24-5-10(16)11-12(25-7(2)18)13(26-8(3)19)14(27-9(4)20)15(28-11)29-30(21,22)23;1-4(2)9-5(7)8-3-6/h12-13,18-23H,9-11H2,1-8H3;10-15H,5H2,1-4H3,(H2,21,22,23);4H,3H2,1-2H3/t18-,19?,20+,21?,22+,23-;10-,11?,12+,13?,14+,15-;/m00./s1. The topological polar surface area (TPSA) is 447 Å². The van der Waals surface area contributed by atoms with Crippen molar-refractivity contribution in [3.63, 3.8) is 0 Å². The summed E-state index contributed by atoms with van der Waals surface area (Å²) < 4.78 is 153. The minimum Gasteiger partial charge on any atom is -0.463 e. The number of hydrogen-bond donors (Lipinski definition) is 2. The van der Waals surface area contributed by atoms with E-state index in [2.05, 4.69) is 32.9 Å². The third-order valence-corrected chi connectivity index (χ3v) is 10.8. The maximum absolute atomic E-state index is 15.5. The number of halogens is 3. The Morgan fingerprint density at radius 2 is 0.718 bits per heavy atom. The first-order chi connectivity index (χ1) is 39.2. The molecule has 2 heterocycles. The summed E-state index contributed by atoms with van der Waals surface area (Å²) in [5.41, 5.74) is 0. The average molecular weight is 1310 g/mol. The van der Waals surface area contributed by atoms with Crippen molar-refractivity contribution in [3.05, 3.63) is 0 Å². The monoisotopic (exact) mass is 1300 g/mol. The number of hydrogen-bond acceptors (Lipinski definition) is 33. The molecule has 490 valence electrons. The largest absolute Gasteiger partial charge is 0.510 e. The summed E-state index contributed by atoms with van der Waals surface area (Å²) >= 11 is 5.06. The molecule has 2 saturated heterocycles. The van der Waals surface area contributed by atoms with Crippen LogP contribution in [0.1, 0.15) is 96.9 Å². The Bertz CT molecular complexity index is 2290. The van der Waals surface area contributed by atoms with E-state index < -0.39 is 195 Å². The zero-order valence-electron chi connectivity index (χ0n) is 48.1. The molecule has 4 unspecified atom stereocenters. The van der Waals surface area contributed by atoms with Crippen LogP contribution in [0.5, 0.6) is 0 Å². The highest BCUT2D eigenvalue weighted by Gasteiger charge is 2.58. The third kappa shape index (κ3) is 34.0. The van der Waals surface area contributed by atoms with Gasteiger partial charge in [0.15, 0.2) is 55.0 Å². The van der Waals surface area contributed by atoms with E-state index >= 15 is 4.39 Å². The van der Waals surface area contributed by atoms with E-state index in [1.165, 1.54) is 27.7 Å². The molecule has 0 bridgehead atoms. The molecule has 0 aromatic carbocycles. The summed E-state index contributed by atoms with van der Waals surface area (Å²) in [6, 6.07) is -0.161. The molecule has 0 radical (unpaired) electrons. The second kappa shape index (κ2) is 38.8. The average Bonchev–Trinajstić information content (AvgIpc) is 1.62. The Hall–Kier alpha value is -6.14. The summed E-state index contributed by atoms with van der Waals surface area (Å²) in [5, 5.41) is 0. The highest BCUT2D eigenvalue weighted by Crippen LogP contribution is 2.53. The number of carbonyl (C=O) groups excluding carboxylic acids is 11. The van der Waals surface area contributed by atoms with Crippen molar-refractivity contribution in [2.24, 2.45) is 0 Å². The van der Waals surface area contributed by atoms with Crippen molar-refractivity contribution >= 4 is 93.5 Å². The number of alkyl halides is 3. The maximum atomic E-state index is 15.5. The van der Waals surface area contributed by atoms with E-state index in [1.807, 2.05) is 0 Å². The SMILES string of the molecule is CC(=O)OC[C@H](F)C1O[C@@H](OP(=O)(O)O)[C@H](OC(C)=O)C(OC(C)=O)[C@@H]1OC(C)=O.CC(=O)OC[C@H](F)C1O[C@@H](OP(=O)(OCOC(=O)OC(C)C)OCOC(=O)OC(C)C)[C@H](OC(C)=O)C(OC(C)=O)[C@@H]1OC(C)=O.CC(C)OC(=O)OCCl. The molecule has 0 aromatic rings. The molecule has 2 fully saturated rings. The predicted octanol–water partition coefficient (Wildman–Crippen LogP) is 3.86. The fourth-order valence-electron chi connectivity index (χ4n) is 6.31. The fraction of sp³-hybridized carbons (Fsp3) is 0.756. The molecule has 0 aromatic heterocycles. The Balaban J connectivity index is 0.00000154. The van der Waals surface area contributed by atoms with Gasteiger partial charge in [-0.05, 0) is 41.5 Å². The minimum absolute atomic E-state index is 0.152. The first-order valence-corrected chi connectivity index (χ1v) is 28.0. The molecule has 35 nitrogen and oxygen atoms in total. The first-order valence-electron chi connectivity index (χ1n) is 24.5. The highest BCUT2D eigenvalue weighted by molar-refractivity contribution is 7.48. The van der Waals surface area contributed by atoms with Crippen LogP contribution in [0.2, 0.25) is 0 Å². The molecule has 2 aliphatic heterocycles. The predicted molar refractivity (Wildman–Crippen MR) is 266 cm³/mol. The van der Waals surface area contributed by atoms with Crippen LogP contribution in [-0.2, 0) is 141 Å². The van der Waals surface area contributed by atoms with Gasteiger partial charge in [0, 0.05) is 55.4 Å². The number of esters is 8. The molecule has 0 aliphatic carbocycles. The molecule has 0 spiro atoms. The van der Waals surface area contributed by atoms with E-state index in [0.29, 0.717) is 0 Å². The van der Waals surface area contributed by atoms with Crippen molar-refractivity contribution in [3.8, 4) is 0 Å². The summed E-state index contributed by atoms with van der Waals surface area (Å²) in [5.74, 6) is -7.84. The van der Waals surface area contributed by atoms with E-state index in [0.717, 1.165) is 55.4 Å². The van der Waals surface area contributed by atoms with Gasteiger partial charge in [-0.25, -0.2) is 41.3 Å². The van der Waals surface area contributed by atoms with Gasteiger partial charge in [-0.2, -0.15) is 0 Å². The van der Waals surface area contributed by atoms with Crippen LogP contribution < -0.4 is 0 Å². The summed E-state index contributed by atoms with van der Waals surface area (Å²) in [6.07, 6.45) is -28.6. The number of ether oxygens (including phenoxy) is 16. The van der Waals surface area contributed by atoms with E-state index in [9.17, 15) is 66.3 Å². The van der Waals surface area contributed by atoms with Crippen LogP contribution in [0, 0.1) is 0 Å². The van der Waals surface area contributed by atoms with Crippen LogP contribution in [0.3, 0.4) is 0 Å². The Labute approximate surface area is 488 Å². The van der Waals surface area contributed by atoms with Crippen molar-refractivity contribution in [2.75, 3.05) is 32.9 Å². The molecule has 40 heteroatoms. The van der Waals surface area contributed by atoms with E-state index in [-0.39, 0.29) is 12.2 Å². The molecule has 0 amide bonds. The number of rotatable bonds is 26. The van der Waals surface area contributed by atoms with Crippen LogP contribution in [-0.4, -0.2) is 201 Å². The molecular formula is C45H69ClF2O35P2. The van der Waals surface area contributed by atoms with Gasteiger partial charge in [-0.3, -0.25) is 47.4 Å². The van der Waals surface area contributed by atoms with Crippen molar-refractivity contribution in [1.29, 1.82) is 0 Å². The van der Waals surface area contributed by atoms with Crippen molar-refractivity contribution in [1.82, 2.24) is 0 Å². The third-order valence-electron chi connectivity index (χ3n) is 8.90. The summed E-state index contributed by atoms with van der Waals surface area (Å²) in [4.78, 5) is 145. The van der Waals surface area contributed by atoms with Gasteiger partial charge in [-0.1, -0.05) is 11.6 Å². The summed E-state index contributed by atoms with van der Waals surface area (Å²) in [6.45, 7) is 12.8. The van der Waals surface area contributed by atoms with Gasteiger partial charge in [0.05, 0.1) is 18.3 Å². The minimum atomic E-state index is -5.28. The molecule has 0 saturated carbocycles. The van der Waals surface area contributed by atoms with Crippen LogP contribution in [0.25, 0.3) is 0 Å². The number of carbonyl (C=O) groups is 11. The fourth-order valence-corrected chi connectivity index (χ4v) is 7.82. The Morgan fingerprint density at radius 1 is 0.435 bits per heavy atom. The lowest BCUT2D eigenvalue weighted by Crippen LogP contribution is -2.64. The Morgan fingerprint density at radius 3 is 0.988 bits per heavy atom. The van der Waals surface area contributed by atoms with Gasteiger partial charge >= 0.3 is 81.9 Å². The molecule has 85 heavy (non-hydrogen) atoms. The maximum Gasteiger partial charge on any atom is 0.510 e. The van der Waals surface area contributed by atoms with Gasteiger partial charge in [-0.15, -0.1) is 0 Å². The molecule has 2 aliphatic rings. The molecule has 12 atom stereocenters. The summed E-state index contributed by atoms with van der Waals surface area (Å²) in [7, 11) is -10.5. The van der Waals surface area contributed by atoms with Gasteiger partial charge in [0.1, 0.15) is 25.4 Å². The zero-order chi connectivity index (χ0) is 65.7. The lowest BCUT2D eigenvalue weighted by molar-refractivity contribution is -0.297. The van der Waals surface area contributed by atoms with Gasteiger partial charge < -0.3 is 85.6 Å². The van der Waals surface area contributed by atoms with E-state index in [1.54, 1.807) is 13.8 Å². The molecule has 2 rings (SSSR count). The Kier molecular flexibility index (Phi) is 36.0. The lowest BCUT2D eigenvalue weighted by Gasteiger charge is -2.45. The molecule has 2 N–H and O–H groups in total. The second-order valence-electron chi connectivity index (χ2n) is 17.5.